The number of hydrogen-bond donors (Lipinski definition) is 4. The fraction of sp³-hybridized carbons (Fsp3) is 0.200. The number of amidine groups is 2. The van der Waals surface area contributed by atoms with Crippen molar-refractivity contribution in [2.45, 2.75) is 20.1 Å². The topological polar surface area (TPSA) is 137 Å². The van der Waals surface area contributed by atoms with Gasteiger partial charge in [0.15, 0.2) is 0 Å². The Kier molecular flexibility index (Phi) is 11.2. The molecule has 0 bridgehead atoms. The average molecular weight is 521 g/mol. The Balaban J connectivity index is 0.00000306. The second-order valence-corrected chi connectivity index (χ2v) is 7.44. The van der Waals surface area contributed by atoms with Gasteiger partial charge in [0.1, 0.15) is 47.9 Å². The van der Waals surface area contributed by atoms with Gasteiger partial charge in [-0.05, 0) is 36.8 Å². The van der Waals surface area contributed by atoms with E-state index < -0.39 is 0 Å². The summed E-state index contributed by atoms with van der Waals surface area (Å²) in [5, 5.41) is 15.1. The van der Waals surface area contributed by atoms with E-state index in [0.717, 1.165) is 16.7 Å². The van der Waals surface area contributed by atoms with Crippen molar-refractivity contribution in [3.05, 3.63) is 82.4 Å². The molecule has 0 saturated heterocycles. The SMILES string of the molecule is COc1cc(C(=N)N)ccc1COc1cc(C)cc(OCc2ccc(C(=N)N)cc2OC)c1.Cl.Cl. The van der Waals surface area contributed by atoms with Gasteiger partial charge in [0.25, 0.3) is 0 Å². The molecule has 0 atom stereocenters. The standard InChI is InChI=1S/C25H28N4O4.2ClH/c1-15-8-20(32-13-18-6-4-16(24(26)27)10-22(18)30-2)12-21(9-15)33-14-19-7-5-17(25(28)29)11-23(19)31-3;;/h4-12H,13-14H2,1-3H3,(H3,26,27)(H3,28,29);2*1H. The molecule has 10 heteroatoms. The van der Waals surface area contributed by atoms with E-state index in [1.165, 1.54) is 0 Å². The zero-order chi connectivity index (χ0) is 24.0. The van der Waals surface area contributed by atoms with E-state index in [1.807, 2.05) is 37.3 Å². The van der Waals surface area contributed by atoms with E-state index in [9.17, 15) is 0 Å². The smallest absolute Gasteiger partial charge is 0.126 e. The van der Waals surface area contributed by atoms with Gasteiger partial charge in [0.2, 0.25) is 0 Å². The van der Waals surface area contributed by atoms with Crippen LogP contribution in [0.15, 0.2) is 54.6 Å². The first kappa shape index (κ1) is 29.4. The molecule has 0 aromatic heterocycles. The van der Waals surface area contributed by atoms with Crippen LogP contribution in [0.4, 0.5) is 0 Å². The third-order valence-corrected chi connectivity index (χ3v) is 5.01. The molecule has 188 valence electrons. The molecule has 8 nitrogen and oxygen atoms in total. The van der Waals surface area contributed by atoms with Crippen molar-refractivity contribution < 1.29 is 18.9 Å². The van der Waals surface area contributed by atoms with Gasteiger partial charge >= 0.3 is 0 Å². The second-order valence-electron chi connectivity index (χ2n) is 7.44. The molecule has 0 heterocycles. The fourth-order valence-electron chi connectivity index (χ4n) is 3.27. The number of rotatable bonds is 10. The number of nitrogens with one attached hydrogen (secondary N) is 2. The molecule has 0 unspecified atom stereocenters. The average Bonchev–Trinajstić information content (AvgIpc) is 2.80. The van der Waals surface area contributed by atoms with Gasteiger partial charge < -0.3 is 30.4 Å². The van der Waals surface area contributed by atoms with Gasteiger partial charge in [-0.2, -0.15) is 0 Å². The van der Waals surface area contributed by atoms with Crippen molar-refractivity contribution in [3.8, 4) is 23.0 Å². The summed E-state index contributed by atoms with van der Waals surface area (Å²) in [6.45, 7) is 2.53. The van der Waals surface area contributed by atoms with Gasteiger partial charge in [0, 0.05) is 28.3 Å². The normalized spacial score (nSPS) is 9.80. The van der Waals surface area contributed by atoms with Crippen molar-refractivity contribution in [2.75, 3.05) is 14.2 Å². The van der Waals surface area contributed by atoms with Crippen molar-refractivity contribution in [3.63, 3.8) is 0 Å². The molecule has 0 aliphatic carbocycles. The molecule has 0 amide bonds. The van der Waals surface area contributed by atoms with E-state index in [4.69, 9.17) is 41.2 Å². The second kappa shape index (κ2) is 13.3. The molecule has 3 aromatic rings. The van der Waals surface area contributed by atoms with Crippen LogP contribution in [-0.4, -0.2) is 25.9 Å². The maximum absolute atomic E-state index is 7.57. The van der Waals surface area contributed by atoms with Crippen LogP contribution in [0.3, 0.4) is 0 Å². The third kappa shape index (κ3) is 7.70. The largest absolute Gasteiger partial charge is 0.496 e. The lowest BCUT2D eigenvalue weighted by Gasteiger charge is -2.14. The van der Waals surface area contributed by atoms with Crippen LogP contribution in [0.25, 0.3) is 0 Å². The number of aryl methyl sites for hydroxylation is 1. The summed E-state index contributed by atoms with van der Waals surface area (Å²) < 4.78 is 22.8. The minimum absolute atomic E-state index is 0. The van der Waals surface area contributed by atoms with E-state index in [0.29, 0.717) is 34.1 Å². The highest BCUT2D eigenvalue weighted by Gasteiger charge is 2.10. The van der Waals surface area contributed by atoms with Crippen molar-refractivity contribution >= 4 is 36.5 Å². The Hall–Kier alpha value is -3.62. The molecule has 3 rings (SSSR count). The van der Waals surface area contributed by atoms with Gasteiger partial charge in [-0.3, -0.25) is 10.8 Å². The molecule has 0 radical (unpaired) electrons. The number of methoxy groups -OCH3 is 2. The van der Waals surface area contributed by atoms with Crippen LogP contribution >= 0.6 is 24.8 Å². The van der Waals surface area contributed by atoms with Gasteiger partial charge in [-0.1, -0.05) is 24.3 Å². The molecule has 0 fully saturated rings. The summed E-state index contributed by atoms with van der Waals surface area (Å²) in [6, 6.07) is 16.3. The first-order chi connectivity index (χ1) is 15.8. The lowest BCUT2D eigenvalue weighted by atomic mass is 10.1. The monoisotopic (exact) mass is 520 g/mol. The minimum Gasteiger partial charge on any atom is -0.496 e. The van der Waals surface area contributed by atoms with Gasteiger partial charge in [-0.15, -0.1) is 24.8 Å². The van der Waals surface area contributed by atoms with Crippen molar-refractivity contribution in [1.82, 2.24) is 0 Å². The number of nitrogen functional groups attached to an aromatic ring is 2. The summed E-state index contributed by atoms with van der Waals surface area (Å²) in [7, 11) is 3.14. The van der Waals surface area contributed by atoms with E-state index in [2.05, 4.69) is 0 Å². The molecule has 35 heavy (non-hydrogen) atoms. The van der Waals surface area contributed by atoms with Gasteiger partial charge in [0.05, 0.1) is 14.2 Å². The number of nitrogens with two attached hydrogens (primary N) is 2. The molecule has 0 aliphatic rings. The van der Waals surface area contributed by atoms with Crippen molar-refractivity contribution in [1.29, 1.82) is 10.8 Å². The van der Waals surface area contributed by atoms with E-state index >= 15 is 0 Å². The maximum atomic E-state index is 7.57. The predicted octanol–water partition coefficient (Wildman–Crippen LogP) is 4.58. The zero-order valence-corrected chi connectivity index (χ0v) is 21.3. The number of ether oxygens (including phenoxy) is 4. The first-order valence-corrected chi connectivity index (χ1v) is 10.2. The Labute approximate surface area is 217 Å². The predicted molar refractivity (Wildman–Crippen MR) is 142 cm³/mol. The van der Waals surface area contributed by atoms with Crippen LogP contribution in [0.1, 0.15) is 27.8 Å². The lowest BCUT2D eigenvalue weighted by Crippen LogP contribution is -2.11. The van der Waals surface area contributed by atoms with E-state index in [1.54, 1.807) is 38.5 Å². The molecular weight excluding hydrogens is 491 g/mol. The van der Waals surface area contributed by atoms with Crippen LogP contribution in [0.5, 0.6) is 23.0 Å². The number of benzene rings is 3. The minimum atomic E-state index is -0.0196. The Morgan fingerprint density at radius 2 is 1.09 bits per heavy atom. The number of halogens is 2. The van der Waals surface area contributed by atoms with Crippen LogP contribution < -0.4 is 30.4 Å². The Morgan fingerprint density at radius 3 is 1.43 bits per heavy atom. The quantitative estimate of drug-likeness (QED) is 0.228. The molecule has 0 aliphatic heterocycles. The van der Waals surface area contributed by atoms with E-state index in [-0.39, 0.29) is 49.7 Å². The molecule has 6 N–H and O–H groups in total. The maximum Gasteiger partial charge on any atom is 0.126 e. The summed E-state index contributed by atoms with van der Waals surface area (Å²) in [5.74, 6) is 2.48. The highest BCUT2D eigenvalue weighted by atomic mass is 35.5. The highest BCUT2D eigenvalue weighted by Crippen LogP contribution is 2.28. The van der Waals surface area contributed by atoms with Crippen molar-refractivity contribution in [2.24, 2.45) is 11.5 Å². The molecule has 0 spiro atoms. The zero-order valence-electron chi connectivity index (χ0n) is 19.7. The highest BCUT2D eigenvalue weighted by molar-refractivity contribution is 5.95. The molecular formula is C25H30Cl2N4O4. The third-order valence-electron chi connectivity index (χ3n) is 5.01. The lowest BCUT2D eigenvalue weighted by molar-refractivity contribution is 0.282. The first-order valence-electron chi connectivity index (χ1n) is 10.2. The van der Waals surface area contributed by atoms with Crippen LogP contribution in [0, 0.1) is 17.7 Å². The number of hydrogen-bond acceptors (Lipinski definition) is 6. The fourth-order valence-corrected chi connectivity index (χ4v) is 3.27. The summed E-state index contributed by atoms with van der Waals surface area (Å²) in [5.41, 5.74) is 14.9. The summed E-state index contributed by atoms with van der Waals surface area (Å²) in [4.78, 5) is 0. The summed E-state index contributed by atoms with van der Waals surface area (Å²) >= 11 is 0. The molecule has 3 aromatic carbocycles. The van der Waals surface area contributed by atoms with Gasteiger partial charge in [-0.25, -0.2) is 0 Å². The Morgan fingerprint density at radius 1 is 0.686 bits per heavy atom. The molecule has 0 saturated carbocycles. The van der Waals surface area contributed by atoms with Crippen LogP contribution in [0.2, 0.25) is 0 Å². The Bertz CT molecular complexity index is 1100. The summed E-state index contributed by atoms with van der Waals surface area (Å²) in [6.07, 6.45) is 0. The van der Waals surface area contributed by atoms with Crippen LogP contribution in [-0.2, 0) is 13.2 Å².